The summed E-state index contributed by atoms with van der Waals surface area (Å²) in [6.07, 6.45) is 1.99. The van der Waals surface area contributed by atoms with Gasteiger partial charge in [-0.05, 0) is 37.6 Å². The molecule has 2 rings (SSSR count). The number of benzene rings is 1. The van der Waals surface area contributed by atoms with Crippen LogP contribution in [0.5, 0.6) is 0 Å². The number of carbonyl (C=O) groups excluding carboxylic acids is 2. The second-order valence-corrected chi connectivity index (χ2v) is 5.53. The average Bonchev–Trinajstić information content (AvgIpc) is 3.11. The Balaban J connectivity index is 1.74. The van der Waals surface area contributed by atoms with E-state index in [-0.39, 0.29) is 18.5 Å². The van der Waals surface area contributed by atoms with Gasteiger partial charge in [0.2, 0.25) is 5.91 Å². The first-order chi connectivity index (χ1) is 9.52. The van der Waals surface area contributed by atoms with Gasteiger partial charge in [-0.1, -0.05) is 23.7 Å². The quantitative estimate of drug-likeness (QED) is 0.870. The van der Waals surface area contributed by atoms with Crippen LogP contribution < -0.4 is 10.6 Å². The van der Waals surface area contributed by atoms with Gasteiger partial charge in [0.15, 0.2) is 0 Å². The first-order valence-electron chi connectivity index (χ1n) is 6.56. The van der Waals surface area contributed by atoms with Crippen molar-refractivity contribution >= 4 is 23.5 Å². The molecule has 3 amide bonds. The van der Waals surface area contributed by atoms with Gasteiger partial charge >= 0.3 is 6.03 Å². The van der Waals surface area contributed by atoms with Gasteiger partial charge in [0, 0.05) is 17.6 Å². The minimum absolute atomic E-state index is 0.157. The van der Waals surface area contributed by atoms with E-state index in [9.17, 15) is 9.59 Å². The molecule has 1 fully saturated rings. The number of rotatable bonds is 5. The van der Waals surface area contributed by atoms with Crippen molar-refractivity contribution in [2.45, 2.75) is 25.4 Å². The summed E-state index contributed by atoms with van der Waals surface area (Å²) >= 11 is 5.91. The number of halogens is 1. The number of urea groups is 1. The minimum Gasteiger partial charge on any atom is -0.335 e. The molecule has 6 heteroatoms. The van der Waals surface area contributed by atoms with E-state index in [0.717, 1.165) is 18.4 Å². The van der Waals surface area contributed by atoms with E-state index in [1.165, 1.54) is 0 Å². The summed E-state index contributed by atoms with van der Waals surface area (Å²) in [5.74, 6) is -0.312. The molecule has 20 heavy (non-hydrogen) atoms. The number of imide groups is 1. The van der Waals surface area contributed by atoms with Crippen molar-refractivity contribution < 1.29 is 9.59 Å². The summed E-state index contributed by atoms with van der Waals surface area (Å²) in [6.45, 7) is 0.753. The van der Waals surface area contributed by atoms with Crippen molar-refractivity contribution in [3.8, 4) is 0 Å². The lowest BCUT2D eigenvalue weighted by molar-refractivity contribution is -0.120. The van der Waals surface area contributed by atoms with Gasteiger partial charge in [0.1, 0.15) is 0 Å². The molecule has 0 aromatic heterocycles. The molecule has 0 unspecified atom stereocenters. The highest BCUT2D eigenvalue weighted by Crippen LogP contribution is 2.18. The van der Waals surface area contributed by atoms with Crippen molar-refractivity contribution in [1.82, 2.24) is 15.5 Å². The third-order valence-corrected chi connectivity index (χ3v) is 3.16. The van der Waals surface area contributed by atoms with Crippen LogP contribution in [0.4, 0.5) is 4.79 Å². The Morgan fingerprint density at radius 1 is 1.40 bits per heavy atom. The second-order valence-electron chi connectivity index (χ2n) is 5.10. The maximum Gasteiger partial charge on any atom is 0.321 e. The number of amides is 3. The first kappa shape index (κ1) is 14.8. The maximum absolute atomic E-state index is 11.7. The third-order valence-electron chi connectivity index (χ3n) is 2.92. The van der Waals surface area contributed by atoms with Crippen molar-refractivity contribution in [2.24, 2.45) is 0 Å². The molecule has 0 radical (unpaired) electrons. The van der Waals surface area contributed by atoms with Gasteiger partial charge in [0.25, 0.3) is 0 Å². The van der Waals surface area contributed by atoms with E-state index in [1.807, 2.05) is 30.1 Å². The number of hydrogen-bond acceptors (Lipinski definition) is 3. The van der Waals surface area contributed by atoms with Crippen LogP contribution in [0.2, 0.25) is 5.02 Å². The van der Waals surface area contributed by atoms with Crippen LogP contribution in [0.1, 0.15) is 18.4 Å². The fraction of sp³-hybridized carbons (Fsp3) is 0.429. The Morgan fingerprint density at radius 2 is 2.15 bits per heavy atom. The highest BCUT2D eigenvalue weighted by molar-refractivity contribution is 6.30. The van der Waals surface area contributed by atoms with Crippen LogP contribution in [0.15, 0.2) is 24.3 Å². The summed E-state index contributed by atoms with van der Waals surface area (Å²) in [7, 11) is 1.82. The molecule has 0 atom stereocenters. The number of hydrogen-bond donors (Lipinski definition) is 2. The van der Waals surface area contributed by atoms with E-state index in [4.69, 9.17) is 11.6 Å². The molecule has 108 valence electrons. The highest BCUT2D eigenvalue weighted by Gasteiger charge is 2.23. The zero-order valence-electron chi connectivity index (χ0n) is 11.4. The first-order valence-corrected chi connectivity index (χ1v) is 6.94. The SMILES string of the molecule is CN(CC(=O)NC(=O)NC1CC1)Cc1cccc(Cl)c1. The van der Waals surface area contributed by atoms with Gasteiger partial charge in [-0.25, -0.2) is 4.79 Å². The Morgan fingerprint density at radius 3 is 2.80 bits per heavy atom. The monoisotopic (exact) mass is 295 g/mol. The smallest absolute Gasteiger partial charge is 0.321 e. The standard InChI is InChI=1S/C14H18ClN3O2/c1-18(8-10-3-2-4-11(15)7-10)9-13(19)17-14(20)16-12-5-6-12/h2-4,7,12H,5-6,8-9H2,1H3,(H2,16,17,19,20). The van der Waals surface area contributed by atoms with E-state index in [1.54, 1.807) is 6.07 Å². The molecule has 2 N–H and O–H groups in total. The Labute approximate surface area is 123 Å². The molecular weight excluding hydrogens is 278 g/mol. The third kappa shape index (κ3) is 5.19. The topological polar surface area (TPSA) is 61.4 Å². The predicted octanol–water partition coefficient (Wildman–Crippen LogP) is 1.76. The van der Waals surface area contributed by atoms with E-state index in [0.29, 0.717) is 11.6 Å². The summed E-state index contributed by atoms with van der Waals surface area (Å²) in [5, 5.41) is 5.70. The van der Waals surface area contributed by atoms with Gasteiger partial charge in [-0.15, -0.1) is 0 Å². The van der Waals surface area contributed by atoms with E-state index >= 15 is 0 Å². The predicted molar refractivity (Wildman–Crippen MR) is 77.5 cm³/mol. The van der Waals surface area contributed by atoms with Crippen molar-refractivity contribution in [3.63, 3.8) is 0 Å². The number of carbonyl (C=O) groups is 2. The lowest BCUT2D eigenvalue weighted by atomic mass is 10.2. The van der Waals surface area contributed by atoms with E-state index < -0.39 is 6.03 Å². The second kappa shape index (κ2) is 6.72. The van der Waals surface area contributed by atoms with Crippen LogP contribution in [0.3, 0.4) is 0 Å². The van der Waals surface area contributed by atoms with Gasteiger partial charge in [-0.2, -0.15) is 0 Å². The van der Waals surface area contributed by atoms with Crippen molar-refractivity contribution in [2.75, 3.05) is 13.6 Å². The lowest BCUT2D eigenvalue weighted by Gasteiger charge is -2.16. The molecule has 1 saturated carbocycles. The van der Waals surface area contributed by atoms with Crippen molar-refractivity contribution in [1.29, 1.82) is 0 Å². The molecular formula is C14H18ClN3O2. The van der Waals surface area contributed by atoms with Gasteiger partial charge in [0.05, 0.1) is 6.54 Å². The molecule has 0 heterocycles. The maximum atomic E-state index is 11.7. The van der Waals surface area contributed by atoms with Crippen molar-refractivity contribution in [3.05, 3.63) is 34.9 Å². The summed E-state index contributed by atoms with van der Waals surface area (Å²) < 4.78 is 0. The van der Waals surface area contributed by atoms with Gasteiger partial charge < -0.3 is 5.32 Å². The highest BCUT2D eigenvalue weighted by atomic mass is 35.5. The molecule has 1 aromatic carbocycles. The molecule has 5 nitrogen and oxygen atoms in total. The Bertz CT molecular complexity index is 503. The fourth-order valence-electron chi connectivity index (χ4n) is 1.86. The van der Waals surface area contributed by atoms with Gasteiger partial charge in [-0.3, -0.25) is 15.0 Å². The molecule has 0 saturated heterocycles. The number of nitrogens with zero attached hydrogens (tertiary/aromatic N) is 1. The number of nitrogens with one attached hydrogen (secondary N) is 2. The Hall–Kier alpha value is -1.59. The van der Waals surface area contributed by atoms with Crippen LogP contribution in [0, 0.1) is 0 Å². The van der Waals surface area contributed by atoms with Crippen LogP contribution in [-0.2, 0) is 11.3 Å². The zero-order valence-corrected chi connectivity index (χ0v) is 12.1. The van der Waals surface area contributed by atoms with Crippen LogP contribution >= 0.6 is 11.6 Å². The Kier molecular flexibility index (Phi) is 4.98. The summed E-state index contributed by atoms with van der Waals surface area (Å²) in [4.78, 5) is 24.9. The van der Waals surface area contributed by atoms with E-state index in [2.05, 4.69) is 10.6 Å². The molecule has 1 aliphatic rings. The zero-order chi connectivity index (χ0) is 14.5. The normalized spacial score (nSPS) is 14.2. The summed E-state index contributed by atoms with van der Waals surface area (Å²) in [6, 6.07) is 7.31. The number of likely N-dealkylation sites (N-methyl/N-ethyl adjacent to an activating group) is 1. The fourth-order valence-corrected chi connectivity index (χ4v) is 2.08. The molecule has 0 aliphatic heterocycles. The molecule has 0 bridgehead atoms. The van der Waals surface area contributed by atoms with Crippen LogP contribution in [-0.4, -0.2) is 36.5 Å². The van der Waals surface area contributed by atoms with Crippen LogP contribution in [0.25, 0.3) is 0 Å². The largest absolute Gasteiger partial charge is 0.335 e. The average molecular weight is 296 g/mol. The minimum atomic E-state index is -0.409. The molecule has 1 aromatic rings. The summed E-state index contributed by atoms with van der Waals surface area (Å²) in [5.41, 5.74) is 1.02. The molecule has 0 spiro atoms. The molecule has 1 aliphatic carbocycles. The lowest BCUT2D eigenvalue weighted by Crippen LogP contribution is -2.44.